The number of carbonyl (C=O) groups excluding carboxylic acids is 4. The highest BCUT2D eigenvalue weighted by atomic mass is 35.5. The molecule has 9 aromatic rings. The molecule has 4 amide bonds. The summed E-state index contributed by atoms with van der Waals surface area (Å²) in [5.41, 5.74) is 27.2. The highest BCUT2D eigenvalue weighted by molar-refractivity contribution is 6.31. The molecule has 0 N–H and O–H groups in total. The Morgan fingerprint density at radius 2 is 0.619 bits per heavy atom. The zero-order valence-corrected chi connectivity index (χ0v) is 71.8. The maximum Gasteiger partial charge on any atom is 0.229 e. The molecule has 0 bridgehead atoms. The lowest BCUT2D eigenvalue weighted by Gasteiger charge is -2.35. The summed E-state index contributed by atoms with van der Waals surface area (Å²) in [5.74, 6) is 0.00551. The first-order valence-corrected chi connectivity index (χ1v) is 44.5. The lowest BCUT2D eigenvalue weighted by atomic mass is 9.81. The van der Waals surface area contributed by atoms with Gasteiger partial charge < -0.3 is 0 Å². The quantitative estimate of drug-likeness (QED) is 0.0515. The maximum absolute atomic E-state index is 12.1. The van der Waals surface area contributed by atoms with E-state index in [1.165, 1.54) is 158 Å². The van der Waals surface area contributed by atoms with Crippen LogP contribution in [0.25, 0.3) is 17.7 Å². The Balaban J connectivity index is 0.000000122. The van der Waals surface area contributed by atoms with Crippen molar-refractivity contribution in [2.45, 2.75) is 183 Å². The number of rotatable bonds is 21. The van der Waals surface area contributed by atoms with Gasteiger partial charge >= 0.3 is 0 Å². The molecule has 9 aliphatic rings. The number of benzene rings is 9. The van der Waals surface area contributed by atoms with E-state index in [9.17, 15) is 19.2 Å². The lowest BCUT2D eigenvalue weighted by Crippen LogP contribution is -2.46. The highest BCUT2D eigenvalue weighted by Crippen LogP contribution is 2.36. The predicted octanol–water partition coefficient (Wildman–Crippen LogP) is 21.4. The molecule has 2 aliphatic carbocycles. The van der Waals surface area contributed by atoms with Crippen LogP contribution in [0.1, 0.15) is 194 Å². The van der Waals surface area contributed by atoms with Gasteiger partial charge in [0.25, 0.3) is 0 Å². The van der Waals surface area contributed by atoms with E-state index in [1.54, 1.807) is 22.3 Å². The fraction of sp³-hybridized carbons (Fsp3) is 0.390. The fourth-order valence-electron chi connectivity index (χ4n) is 18.5. The van der Waals surface area contributed by atoms with Crippen molar-refractivity contribution in [1.82, 2.24) is 34.3 Å². The molecular weight excluding hydrogens is 1490 g/mol. The number of hydrogen-bond acceptors (Lipinski definition) is 9. The molecule has 118 heavy (non-hydrogen) atoms. The van der Waals surface area contributed by atoms with Crippen LogP contribution in [0.2, 0.25) is 10.0 Å². The number of nitrogens with zero attached hydrogens (tertiary/aromatic N) is 7. The van der Waals surface area contributed by atoms with Crippen molar-refractivity contribution in [1.29, 1.82) is 0 Å². The van der Waals surface area contributed by atoms with Crippen LogP contribution < -0.4 is 0 Å². The molecule has 7 aliphatic heterocycles. The van der Waals surface area contributed by atoms with Gasteiger partial charge in [-0.1, -0.05) is 274 Å². The number of unbranched alkanes of at least 4 members (excludes halogenated alkanes) is 2. The third-order valence-corrected chi connectivity index (χ3v) is 25.7. The topological polar surface area (TPSA) is 91.0 Å². The third kappa shape index (κ3) is 24.1. The molecule has 13 heteroatoms. The van der Waals surface area contributed by atoms with Gasteiger partial charge in [-0.05, 0) is 233 Å². The molecule has 2 fully saturated rings. The molecule has 0 unspecified atom stereocenters. The maximum atomic E-state index is 12.1. The second-order valence-electron chi connectivity index (χ2n) is 35.6. The molecule has 0 atom stereocenters. The normalized spacial score (nSPS) is 17.9. The number of likely N-dealkylation sites (tertiary alicyclic amines) is 2. The van der Waals surface area contributed by atoms with Crippen LogP contribution in [-0.4, -0.2) is 130 Å². The molecule has 0 aromatic heterocycles. The van der Waals surface area contributed by atoms with Crippen LogP contribution in [0.5, 0.6) is 0 Å². The number of piperidine rings is 2. The van der Waals surface area contributed by atoms with Crippen LogP contribution in [0, 0.1) is 10.8 Å². The second kappa shape index (κ2) is 41.2. The molecule has 0 radical (unpaired) electrons. The Bertz CT molecular complexity index is 4910. The van der Waals surface area contributed by atoms with Gasteiger partial charge in [0.15, 0.2) is 0 Å². The van der Waals surface area contributed by atoms with Crippen molar-refractivity contribution < 1.29 is 19.2 Å². The molecule has 614 valence electrons. The zero-order valence-electron chi connectivity index (χ0n) is 70.3. The van der Waals surface area contributed by atoms with Gasteiger partial charge in [-0.2, -0.15) is 0 Å². The molecule has 7 heterocycles. The van der Waals surface area contributed by atoms with E-state index < -0.39 is 0 Å². The van der Waals surface area contributed by atoms with Gasteiger partial charge in [0.1, 0.15) is 0 Å². The Hall–Kier alpha value is -9.14. The number of halogens is 2. The number of hydrogen-bond donors (Lipinski definition) is 0. The van der Waals surface area contributed by atoms with Crippen LogP contribution >= 0.6 is 23.2 Å². The van der Waals surface area contributed by atoms with E-state index in [4.69, 9.17) is 23.2 Å². The number of imide groups is 2. The van der Waals surface area contributed by atoms with Gasteiger partial charge in [0.05, 0.1) is 0 Å². The summed E-state index contributed by atoms with van der Waals surface area (Å²) in [7, 11) is 0. The summed E-state index contributed by atoms with van der Waals surface area (Å²) in [5, 5.41) is 1.51. The van der Waals surface area contributed by atoms with Gasteiger partial charge in [0, 0.05) is 134 Å². The van der Waals surface area contributed by atoms with E-state index in [0.717, 1.165) is 133 Å². The van der Waals surface area contributed by atoms with Crippen LogP contribution in [0.3, 0.4) is 0 Å². The Labute approximate surface area is 713 Å². The van der Waals surface area contributed by atoms with E-state index in [2.05, 4.69) is 237 Å². The van der Waals surface area contributed by atoms with Gasteiger partial charge in [0.2, 0.25) is 23.6 Å². The summed E-state index contributed by atoms with van der Waals surface area (Å²) in [4.78, 5) is 64.2. The molecule has 11 nitrogen and oxygen atoms in total. The van der Waals surface area contributed by atoms with Crippen molar-refractivity contribution in [3.63, 3.8) is 0 Å². The average molecular weight is 1620 g/mol. The highest BCUT2D eigenvalue weighted by Gasteiger charge is 2.38. The fourth-order valence-corrected chi connectivity index (χ4v) is 18.8. The molecular formula is C105H121Cl2N7O4. The summed E-state index contributed by atoms with van der Waals surface area (Å²) in [6.07, 6.45) is 24.7. The summed E-state index contributed by atoms with van der Waals surface area (Å²) < 4.78 is 0. The first-order chi connectivity index (χ1) is 57.3. The van der Waals surface area contributed by atoms with Crippen LogP contribution in [0.4, 0.5) is 0 Å². The Kier molecular flexibility index (Phi) is 29.8. The molecule has 0 spiro atoms. The summed E-state index contributed by atoms with van der Waals surface area (Å²) >= 11 is 12.2. The van der Waals surface area contributed by atoms with Crippen LogP contribution in [0.15, 0.2) is 236 Å². The number of aryl methyl sites for hydroxylation is 1. The average Bonchev–Trinajstić information content (AvgIpc) is 1.14. The first-order valence-electron chi connectivity index (χ1n) is 43.7. The molecule has 0 saturated carbocycles. The van der Waals surface area contributed by atoms with E-state index in [0.29, 0.717) is 38.8 Å². The van der Waals surface area contributed by atoms with Crippen molar-refractivity contribution in [2.75, 3.05) is 72.0 Å². The van der Waals surface area contributed by atoms with E-state index in [1.807, 2.05) is 52.0 Å². The van der Waals surface area contributed by atoms with Crippen molar-refractivity contribution >= 4 is 64.6 Å². The van der Waals surface area contributed by atoms with Gasteiger partial charge in [-0.25, -0.2) is 0 Å². The third-order valence-electron chi connectivity index (χ3n) is 25.2. The number of amides is 4. The van der Waals surface area contributed by atoms with Crippen molar-refractivity contribution in [3.8, 4) is 0 Å². The zero-order chi connectivity index (χ0) is 81.8. The summed E-state index contributed by atoms with van der Waals surface area (Å²) in [6, 6.07) is 77.6. The number of fused-ring (bicyclic) bond motifs is 7. The smallest absolute Gasteiger partial charge is 0.229 e. The molecule has 18 rings (SSSR count). The second-order valence-corrected chi connectivity index (χ2v) is 36.5. The van der Waals surface area contributed by atoms with Crippen LogP contribution in [-0.2, 0) is 97.0 Å². The van der Waals surface area contributed by atoms with Crippen molar-refractivity contribution in [2.24, 2.45) is 10.8 Å². The Morgan fingerprint density at radius 3 is 1.03 bits per heavy atom. The first kappa shape index (κ1) is 85.3. The molecule has 2 saturated heterocycles. The molecule has 9 aromatic carbocycles. The SMILES string of the molecule is C1=C(CCN2CCc3ccccc3C2)CCc2ccccc21.C1=C(CCN2CCc3ccccc3C2)Cc2ccccc21.CC1(C)CC(=O)N(CCCCN2CCc3ccccc3C2)C(=O)C1.CC1(C)CC(=O)N(CCCCN2Cc3ccccc3C2)C(=O)C1.Clc1ccc(C(=CCCN2CCc3ccccc3C2)c2ccc(Cl)cc2)cc1. The minimum absolute atomic E-state index is 0.000160. The Morgan fingerprint density at radius 1 is 0.314 bits per heavy atom. The summed E-state index contributed by atoms with van der Waals surface area (Å²) in [6.45, 7) is 25.6. The van der Waals surface area contributed by atoms with Gasteiger partial charge in [-0.15, -0.1) is 0 Å². The van der Waals surface area contributed by atoms with Crippen molar-refractivity contribution in [3.05, 3.63) is 335 Å². The predicted molar refractivity (Wildman–Crippen MR) is 485 cm³/mol. The lowest BCUT2D eigenvalue weighted by molar-refractivity contribution is -0.154. The largest absolute Gasteiger partial charge is 0.299 e. The van der Waals surface area contributed by atoms with E-state index >= 15 is 0 Å². The number of carbonyl (C=O) groups is 4. The minimum Gasteiger partial charge on any atom is -0.299 e. The van der Waals surface area contributed by atoms with Gasteiger partial charge in [-0.3, -0.25) is 53.5 Å². The minimum atomic E-state index is -0.175. The van der Waals surface area contributed by atoms with E-state index in [-0.39, 0.29) is 34.5 Å². The standard InChI is InChI=1S/C25H23Cl2N.C21H23N.C20H28N2O2.C20H21N.C19H26N2O2/c26-23-11-7-20(8-12-23)25(21-9-13-24(27)14-10-21)6-3-16-28-17-15-19-4-1-2-5-22(19)18-28;1-3-7-20-15-17(9-10-18(20)5-1)11-13-22-14-12-19-6-2-4-8-21(19)16-22;1-20(2)13-18(23)22(19(24)14-20)11-6-5-10-21-12-9-16-7-3-4-8-17(16)15-21;1-4-8-20-15-21(12-10-17(20)5-1)11-9-16-13-18-6-2-3-7-19(18)14-16;1-19(2)11-17(22)21(18(23)12-19)10-6-5-9-20-13-15-7-3-4-8-16(15)14-20/h1-2,4-14H,3,15-18H2;1-8,15H,9-14,16H2;3-4,7-8H,5-6,9-15H2,1-2H3;1-8,13H,9-12,14-15H2;3-4,7-8H,5-6,9-14H2,1-2H3. The monoisotopic (exact) mass is 1610 g/mol.